The maximum Gasteiger partial charge on any atom is 0.222 e. The minimum atomic E-state index is -0.957. The first-order valence-corrected chi connectivity index (χ1v) is 24.3. The number of carbonyl (C=O) groups excluding carboxylic acids is 1. The van der Waals surface area contributed by atoms with Crippen LogP contribution >= 0.6 is 0 Å². The standard InChI is InChI=1S/C50H95NO4/c1-3-5-7-9-11-13-15-17-18-19-20-21-22-23-24-25-26-27-28-29-30-32-33-35-37-39-41-43-47(53)45-50(55)51-48(46-52)49(54)44-42-40-38-36-34-31-16-14-12-10-8-6-4-2/h12,14,34,36,42,44,47-49,52-54H,3-11,13,15-33,35,37-41,43,45-46H2,1-2H3,(H,51,55)/b14-12+,36-34+,44-42+. The van der Waals surface area contributed by atoms with Crippen LogP contribution in [-0.2, 0) is 4.79 Å². The molecule has 0 aromatic carbocycles. The predicted octanol–water partition coefficient (Wildman–Crippen LogP) is 14.3. The fourth-order valence-electron chi connectivity index (χ4n) is 7.43. The molecule has 55 heavy (non-hydrogen) atoms. The summed E-state index contributed by atoms with van der Waals surface area (Å²) in [7, 11) is 0. The molecule has 0 bridgehead atoms. The van der Waals surface area contributed by atoms with Gasteiger partial charge < -0.3 is 20.6 Å². The highest BCUT2D eigenvalue weighted by atomic mass is 16.3. The number of allylic oxidation sites excluding steroid dienone is 5. The number of unbranched alkanes of at least 4 members (excludes halogenated alkanes) is 31. The number of aliphatic hydroxyl groups is 3. The highest BCUT2D eigenvalue weighted by Crippen LogP contribution is 2.17. The Bertz CT molecular complexity index is 855. The molecule has 1 amide bonds. The van der Waals surface area contributed by atoms with Crippen LogP contribution in [0.4, 0.5) is 0 Å². The lowest BCUT2D eigenvalue weighted by Crippen LogP contribution is -2.45. The van der Waals surface area contributed by atoms with Crippen LogP contribution in [-0.4, -0.2) is 46.1 Å². The number of carbonyl (C=O) groups is 1. The van der Waals surface area contributed by atoms with E-state index in [-0.39, 0.29) is 18.9 Å². The summed E-state index contributed by atoms with van der Waals surface area (Å²) >= 11 is 0. The Morgan fingerprint density at radius 1 is 0.455 bits per heavy atom. The Kier molecular flexibility index (Phi) is 44.1. The minimum Gasteiger partial charge on any atom is -0.394 e. The average molecular weight is 774 g/mol. The van der Waals surface area contributed by atoms with Gasteiger partial charge in [-0.3, -0.25) is 4.79 Å². The second-order valence-corrected chi connectivity index (χ2v) is 16.7. The van der Waals surface area contributed by atoms with E-state index in [4.69, 9.17) is 0 Å². The number of nitrogens with one attached hydrogen (secondary N) is 1. The van der Waals surface area contributed by atoms with Gasteiger partial charge in [-0.2, -0.15) is 0 Å². The van der Waals surface area contributed by atoms with Crippen molar-refractivity contribution in [3.8, 4) is 0 Å². The smallest absolute Gasteiger partial charge is 0.222 e. The molecule has 0 aliphatic heterocycles. The maximum absolute atomic E-state index is 12.4. The van der Waals surface area contributed by atoms with E-state index in [1.165, 1.54) is 186 Å². The van der Waals surface area contributed by atoms with Crippen molar-refractivity contribution in [3.63, 3.8) is 0 Å². The number of aliphatic hydroxyl groups excluding tert-OH is 3. The Balaban J connectivity index is 3.56. The number of hydrogen-bond donors (Lipinski definition) is 4. The summed E-state index contributed by atoms with van der Waals surface area (Å²) in [6.45, 7) is 4.18. The van der Waals surface area contributed by atoms with E-state index in [1.807, 2.05) is 6.08 Å². The SMILES string of the molecule is CCCCC/C=C/CC/C=C/CC/C=C/C(O)C(CO)NC(=O)CC(O)CCCCCCCCCCCCCCCCCCCCCCCCCCCCC. The maximum atomic E-state index is 12.4. The van der Waals surface area contributed by atoms with Gasteiger partial charge in [-0.1, -0.05) is 237 Å². The van der Waals surface area contributed by atoms with E-state index in [0.29, 0.717) is 6.42 Å². The summed E-state index contributed by atoms with van der Waals surface area (Å²) in [6, 6.07) is -0.765. The van der Waals surface area contributed by atoms with Crippen LogP contribution in [0.5, 0.6) is 0 Å². The van der Waals surface area contributed by atoms with Gasteiger partial charge in [-0.15, -0.1) is 0 Å². The first-order valence-electron chi connectivity index (χ1n) is 24.3. The van der Waals surface area contributed by atoms with Crippen molar-refractivity contribution in [3.05, 3.63) is 36.5 Å². The van der Waals surface area contributed by atoms with E-state index in [9.17, 15) is 20.1 Å². The Labute approximate surface area is 343 Å². The van der Waals surface area contributed by atoms with Crippen molar-refractivity contribution in [2.24, 2.45) is 0 Å². The lowest BCUT2D eigenvalue weighted by molar-refractivity contribution is -0.124. The van der Waals surface area contributed by atoms with Gasteiger partial charge in [0, 0.05) is 0 Å². The van der Waals surface area contributed by atoms with E-state index < -0.39 is 18.2 Å². The van der Waals surface area contributed by atoms with Crippen molar-refractivity contribution < 1.29 is 20.1 Å². The summed E-state index contributed by atoms with van der Waals surface area (Å²) in [5, 5.41) is 33.2. The van der Waals surface area contributed by atoms with Gasteiger partial charge in [-0.05, 0) is 44.9 Å². The zero-order valence-electron chi connectivity index (χ0n) is 36.8. The fourth-order valence-corrected chi connectivity index (χ4v) is 7.43. The van der Waals surface area contributed by atoms with Crippen molar-refractivity contribution in [2.45, 2.75) is 270 Å². The molecular weight excluding hydrogens is 679 g/mol. The molecule has 0 aliphatic carbocycles. The Morgan fingerprint density at radius 3 is 1.16 bits per heavy atom. The van der Waals surface area contributed by atoms with Gasteiger partial charge in [0.2, 0.25) is 5.91 Å². The summed E-state index contributed by atoms with van der Waals surface area (Å²) in [4.78, 5) is 12.4. The van der Waals surface area contributed by atoms with Crippen LogP contribution in [0.2, 0.25) is 0 Å². The number of hydrogen-bond acceptors (Lipinski definition) is 4. The molecule has 0 rings (SSSR count). The molecule has 0 saturated carbocycles. The van der Waals surface area contributed by atoms with E-state index in [1.54, 1.807) is 6.08 Å². The van der Waals surface area contributed by atoms with Gasteiger partial charge in [0.15, 0.2) is 0 Å². The lowest BCUT2D eigenvalue weighted by Gasteiger charge is -2.21. The molecule has 0 spiro atoms. The average Bonchev–Trinajstić information content (AvgIpc) is 3.18. The Morgan fingerprint density at radius 2 is 0.782 bits per heavy atom. The summed E-state index contributed by atoms with van der Waals surface area (Å²) in [5.41, 5.74) is 0. The van der Waals surface area contributed by atoms with Gasteiger partial charge in [-0.25, -0.2) is 0 Å². The van der Waals surface area contributed by atoms with Crippen molar-refractivity contribution in [2.75, 3.05) is 6.61 Å². The normalized spacial score (nSPS) is 13.8. The molecule has 4 N–H and O–H groups in total. The van der Waals surface area contributed by atoms with Gasteiger partial charge in [0.05, 0.1) is 31.3 Å². The molecule has 0 radical (unpaired) electrons. The van der Waals surface area contributed by atoms with E-state index >= 15 is 0 Å². The highest BCUT2D eigenvalue weighted by molar-refractivity contribution is 5.76. The molecule has 0 saturated heterocycles. The van der Waals surface area contributed by atoms with Crippen LogP contribution < -0.4 is 5.32 Å². The van der Waals surface area contributed by atoms with Crippen LogP contribution in [0, 0.1) is 0 Å². The number of rotatable bonds is 44. The zero-order chi connectivity index (χ0) is 40.1. The van der Waals surface area contributed by atoms with Gasteiger partial charge in [0.25, 0.3) is 0 Å². The highest BCUT2D eigenvalue weighted by Gasteiger charge is 2.20. The molecule has 5 heteroatoms. The first-order chi connectivity index (χ1) is 27.0. The van der Waals surface area contributed by atoms with Crippen LogP contribution in [0.1, 0.15) is 251 Å². The molecule has 3 unspecified atom stereocenters. The third-order valence-corrected chi connectivity index (χ3v) is 11.2. The fraction of sp³-hybridized carbons (Fsp3) is 0.860. The second-order valence-electron chi connectivity index (χ2n) is 16.7. The van der Waals surface area contributed by atoms with Crippen molar-refractivity contribution >= 4 is 5.91 Å². The summed E-state index contributed by atoms with van der Waals surface area (Å²) in [6.07, 6.45) is 57.4. The molecule has 0 heterocycles. The summed E-state index contributed by atoms with van der Waals surface area (Å²) in [5.74, 6) is -0.327. The van der Waals surface area contributed by atoms with E-state index in [0.717, 1.165) is 38.5 Å². The molecule has 3 atom stereocenters. The molecule has 5 nitrogen and oxygen atoms in total. The van der Waals surface area contributed by atoms with Crippen molar-refractivity contribution in [1.82, 2.24) is 5.32 Å². The molecule has 324 valence electrons. The number of amides is 1. The minimum absolute atomic E-state index is 0.00509. The van der Waals surface area contributed by atoms with E-state index in [2.05, 4.69) is 43.5 Å². The molecule has 0 aromatic heterocycles. The topological polar surface area (TPSA) is 89.8 Å². The lowest BCUT2D eigenvalue weighted by atomic mass is 10.0. The molecule has 0 aromatic rings. The molecule has 0 fully saturated rings. The largest absolute Gasteiger partial charge is 0.394 e. The monoisotopic (exact) mass is 774 g/mol. The van der Waals surface area contributed by atoms with Crippen LogP contribution in [0.25, 0.3) is 0 Å². The zero-order valence-corrected chi connectivity index (χ0v) is 36.8. The van der Waals surface area contributed by atoms with Crippen molar-refractivity contribution in [1.29, 1.82) is 0 Å². The quantitative estimate of drug-likeness (QED) is 0.0367. The van der Waals surface area contributed by atoms with Crippen LogP contribution in [0.15, 0.2) is 36.5 Å². The Hall–Kier alpha value is -1.43. The van der Waals surface area contributed by atoms with Crippen LogP contribution in [0.3, 0.4) is 0 Å². The first kappa shape index (κ1) is 53.6. The third kappa shape index (κ3) is 42.0. The third-order valence-electron chi connectivity index (χ3n) is 11.2. The van der Waals surface area contributed by atoms with Gasteiger partial charge >= 0.3 is 0 Å². The molecule has 0 aliphatic rings. The summed E-state index contributed by atoms with van der Waals surface area (Å²) < 4.78 is 0. The molecular formula is C50H95NO4. The second kappa shape index (κ2) is 45.3. The predicted molar refractivity (Wildman–Crippen MR) is 241 cm³/mol. The van der Waals surface area contributed by atoms with Gasteiger partial charge in [0.1, 0.15) is 0 Å².